The van der Waals surface area contributed by atoms with Gasteiger partial charge in [0.15, 0.2) is 0 Å². The molecule has 1 aliphatic carbocycles. The Morgan fingerprint density at radius 3 is 2.82 bits per heavy atom. The molecule has 2 heteroatoms. The number of hydrogen-bond acceptors (Lipinski definition) is 1. The molecule has 0 aromatic heterocycles. The topological polar surface area (TPSA) is 20.3 Å². The van der Waals surface area contributed by atoms with E-state index in [4.69, 9.17) is 0 Å². The lowest BCUT2D eigenvalue weighted by Crippen LogP contribution is -2.21. The molecule has 2 nitrogen and oxygen atoms in total. The van der Waals surface area contributed by atoms with Crippen LogP contribution in [0.3, 0.4) is 0 Å². The monoisotopic (exact) mass is 149 g/mol. The summed E-state index contributed by atoms with van der Waals surface area (Å²) in [5, 5.41) is 0. The van der Waals surface area contributed by atoms with E-state index >= 15 is 0 Å². The number of rotatable bonds is 0. The Hall–Kier alpha value is -1.05. The van der Waals surface area contributed by atoms with Crippen molar-refractivity contribution in [3.63, 3.8) is 0 Å². The highest BCUT2D eigenvalue weighted by Crippen LogP contribution is 2.26. The molecule has 0 aromatic rings. The van der Waals surface area contributed by atoms with E-state index in [1.165, 1.54) is 5.57 Å². The Labute approximate surface area is 66.2 Å². The summed E-state index contributed by atoms with van der Waals surface area (Å²) in [5.74, 6) is 0.226. The van der Waals surface area contributed by atoms with Crippen LogP contribution in [0.4, 0.5) is 0 Å². The van der Waals surface area contributed by atoms with E-state index in [0.717, 1.165) is 25.0 Å². The molecule has 0 N–H and O–H groups in total. The molecule has 0 atom stereocenters. The first-order valence-electron chi connectivity index (χ1n) is 3.90. The van der Waals surface area contributed by atoms with Gasteiger partial charge >= 0.3 is 0 Å². The number of allylic oxidation sites excluding steroid dienone is 2. The van der Waals surface area contributed by atoms with Crippen molar-refractivity contribution in [1.82, 2.24) is 4.90 Å². The lowest BCUT2D eigenvalue weighted by Gasteiger charge is -2.06. The van der Waals surface area contributed by atoms with Crippen LogP contribution in [0, 0.1) is 0 Å². The summed E-state index contributed by atoms with van der Waals surface area (Å²) in [7, 11) is 1.86. The van der Waals surface area contributed by atoms with Crippen molar-refractivity contribution in [2.45, 2.75) is 12.8 Å². The normalized spacial score (nSPS) is 23.0. The zero-order valence-corrected chi connectivity index (χ0v) is 6.63. The molecule has 0 unspecified atom stereocenters. The van der Waals surface area contributed by atoms with Gasteiger partial charge in [-0.25, -0.2) is 0 Å². The van der Waals surface area contributed by atoms with Gasteiger partial charge in [0.05, 0.1) is 0 Å². The van der Waals surface area contributed by atoms with Crippen LogP contribution in [0.25, 0.3) is 0 Å². The smallest absolute Gasteiger partial charge is 0.250 e. The molecular formula is C9H11NO. The molecule has 1 heterocycles. The Balaban J connectivity index is 2.29. The average Bonchev–Trinajstić information content (AvgIpc) is 2.30. The molecule has 1 aliphatic heterocycles. The SMILES string of the molecule is CN1CC2=C(CC=CC2)C1=O. The standard InChI is InChI=1S/C9H11NO/c1-10-6-7-4-2-3-5-8(7)9(10)11/h2-3H,4-6H2,1H3. The van der Waals surface area contributed by atoms with Crippen LogP contribution in [0.1, 0.15) is 12.8 Å². The van der Waals surface area contributed by atoms with Crippen molar-refractivity contribution in [3.8, 4) is 0 Å². The Morgan fingerprint density at radius 2 is 2.09 bits per heavy atom. The number of carbonyl (C=O) groups is 1. The lowest BCUT2D eigenvalue weighted by molar-refractivity contribution is -0.124. The first kappa shape index (κ1) is 6.65. The molecular weight excluding hydrogens is 138 g/mol. The summed E-state index contributed by atoms with van der Waals surface area (Å²) < 4.78 is 0. The van der Waals surface area contributed by atoms with Gasteiger partial charge in [-0.1, -0.05) is 12.2 Å². The van der Waals surface area contributed by atoms with E-state index in [1.807, 2.05) is 7.05 Å². The van der Waals surface area contributed by atoms with Gasteiger partial charge in [-0.2, -0.15) is 0 Å². The minimum Gasteiger partial charge on any atom is -0.338 e. The fourth-order valence-electron chi connectivity index (χ4n) is 1.68. The number of likely N-dealkylation sites (N-methyl/N-ethyl adjacent to an activating group) is 1. The highest BCUT2D eigenvalue weighted by atomic mass is 16.2. The Kier molecular flexibility index (Phi) is 1.34. The van der Waals surface area contributed by atoms with Gasteiger partial charge in [0, 0.05) is 19.2 Å². The van der Waals surface area contributed by atoms with Crippen molar-refractivity contribution in [2.75, 3.05) is 13.6 Å². The number of nitrogens with zero attached hydrogens (tertiary/aromatic N) is 1. The second kappa shape index (κ2) is 2.22. The van der Waals surface area contributed by atoms with Gasteiger partial charge < -0.3 is 4.90 Å². The van der Waals surface area contributed by atoms with Crippen LogP contribution in [-0.4, -0.2) is 24.4 Å². The van der Waals surface area contributed by atoms with Gasteiger partial charge in [-0.3, -0.25) is 4.79 Å². The highest BCUT2D eigenvalue weighted by Gasteiger charge is 2.26. The third-order valence-corrected chi connectivity index (χ3v) is 2.31. The van der Waals surface area contributed by atoms with Gasteiger partial charge in [0.1, 0.15) is 0 Å². The first-order chi connectivity index (χ1) is 5.29. The van der Waals surface area contributed by atoms with Crippen LogP contribution in [-0.2, 0) is 4.79 Å². The fourth-order valence-corrected chi connectivity index (χ4v) is 1.68. The molecule has 0 fully saturated rings. The van der Waals surface area contributed by atoms with E-state index in [-0.39, 0.29) is 5.91 Å². The van der Waals surface area contributed by atoms with Crippen LogP contribution < -0.4 is 0 Å². The van der Waals surface area contributed by atoms with Crippen molar-refractivity contribution in [2.24, 2.45) is 0 Å². The third-order valence-electron chi connectivity index (χ3n) is 2.31. The van der Waals surface area contributed by atoms with Gasteiger partial charge in [-0.05, 0) is 18.4 Å². The van der Waals surface area contributed by atoms with Gasteiger partial charge in [-0.15, -0.1) is 0 Å². The second-order valence-corrected chi connectivity index (χ2v) is 3.12. The van der Waals surface area contributed by atoms with Crippen molar-refractivity contribution in [3.05, 3.63) is 23.3 Å². The van der Waals surface area contributed by atoms with Crippen LogP contribution in [0.15, 0.2) is 23.3 Å². The lowest BCUT2D eigenvalue weighted by atomic mass is 10.00. The first-order valence-corrected chi connectivity index (χ1v) is 3.90. The summed E-state index contributed by atoms with van der Waals surface area (Å²) in [6, 6.07) is 0. The van der Waals surface area contributed by atoms with Crippen LogP contribution >= 0.6 is 0 Å². The van der Waals surface area contributed by atoms with Crippen molar-refractivity contribution in [1.29, 1.82) is 0 Å². The maximum atomic E-state index is 11.4. The molecule has 0 spiro atoms. The second-order valence-electron chi connectivity index (χ2n) is 3.12. The predicted molar refractivity (Wildman–Crippen MR) is 43.0 cm³/mol. The van der Waals surface area contributed by atoms with Crippen molar-refractivity contribution >= 4 is 5.91 Å². The van der Waals surface area contributed by atoms with Gasteiger partial charge in [0.2, 0.25) is 5.91 Å². The molecule has 0 saturated carbocycles. The van der Waals surface area contributed by atoms with Crippen LogP contribution in [0.2, 0.25) is 0 Å². The minimum atomic E-state index is 0.226. The molecule has 0 aromatic carbocycles. The zero-order valence-electron chi connectivity index (χ0n) is 6.63. The molecule has 0 bridgehead atoms. The van der Waals surface area contributed by atoms with Crippen LogP contribution in [0.5, 0.6) is 0 Å². The molecule has 58 valence electrons. The Morgan fingerprint density at radius 1 is 1.36 bits per heavy atom. The van der Waals surface area contributed by atoms with E-state index < -0.39 is 0 Å². The van der Waals surface area contributed by atoms with Gasteiger partial charge in [0.25, 0.3) is 0 Å². The predicted octanol–water partition coefficient (Wildman–Crippen LogP) is 1.10. The minimum absolute atomic E-state index is 0.226. The summed E-state index contributed by atoms with van der Waals surface area (Å²) in [4.78, 5) is 13.2. The third kappa shape index (κ3) is 0.897. The summed E-state index contributed by atoms with van der Waals surface area (Å²) in [6.07, 6.45) is 6.05. The van der Waals surface area contributed by atoms with E-state index in [9.17, 15) is 4.79 Å². The number of carbonyl (C=O) groups excluding carboxylic acids is 1. The largest absolute Gasteiger partial charge is 0.338 e. The summed E-state index contributed by atoms with van der Waals surface area (Å²) in [6.45, 7) is 0.846. The molecule has 0 radical (unpaired) electrons. The molecule has 11 heavy (non-hydrogen) atoms. The molecule has 1 amide bonds. The average molecular weight is 149 g/mol. The quantitative estimate of drug-likeness (QED) is 0.472. The number of amides is 1. The summed E-state index contributed by atoms with van der Waals surface area (Å²) >= 11 is 0. The maximum absolute atomic E-state index is 11.4. The number of hydrogen-bond donors (Lipinski definition) is 0. The van der Waals surface area contributed by atoms with Crippen molar-refractivity contribution < 1.29 is 4.79 Å². The highest BCUT2D eigenvalue weighted by molar-refractivity contribution is 5.97. The molecule has 2 aliphatic rings. The fraction of sp³-hybridized carbons (Fsp3) is 0.444. The van der Waals surface area contributed by atoms with E-state index in [1.54, 1.807) is 4.90 Å². The Bertz CT molecular complexity index is 263. The maximum Gasteiger partial charge on any atom is 0.250 e. The molecule has 0 saturated heterocycles. The summed E-state index contributed by atoms with van der Waals surface area (Å²) in [5.41, 5.74) is 2.36. The zero-order chi connectivity index (χ0) is 7.84. The molecule has 2 rings (SSSR count). The van der Waals surface area contributed by atoms with E-state index in [0.29, 0.717) is 0 Å². The van der Waals surface area contributed by atoms with E-state index in [2.05, 4.69) is 12.2 Å².